The molecule has 0 unspecified atom stereocenters. The van der Waals surface area contributed by atoms with Gasteiger partial charge in [0.15, 0.2) is 0 Å². The summed E-state index contributed by atoms with van der Waals surface area (Å²) in [6, 6.07) is 4.97. The Kier molecular flexibility index (Phi) is 6.84. The van der Waals surface area contributed by atoms with Gasteiger partial charge < -0.3 is 10.2 Å². The number of nitrogens with one attached hydrogen (secondary N) is 2. The molecular weight excluding hydrogens is 338 g/mol. The van der Waals surface area contributed by atoms with Crippen molar-refractivity contribution < 1.29 is 13.2 Å². The fraction of sp³-hybridized carbons (Fsp3) is 0.611. The molecule has 1 saturated heterocycles. The van der Waals surface area contributed by atoms with Crippen molar-refractivity contribution in [1.82, 2.24) is 10.2 Å². The molecule has 7 heteroatoms. The van der Waals surface area contributed by atoms with Crippen molar-refractivity contribution in [2.24, 2.45) is 5.92 Å². The van der Waals surface area contributed by atoms with Crippen molar-refractivity contribution in [1.29, 1.82) is 0 Å². The molecule has 0 bridgehead atoms. The number of carbonyl (C=O) groups excluding carboxylic acids is 1. The molecule has 0 aliphatic carbocycles. The van der Waals surface area contributed by atoms with E-state index in [9.17, 15) is 13.2 Å². The summed E-state index contributed by atoms with van der Waals surface area (Å²) in [4.78, 5) is 14.7. The lowest BCUT2D eigenvalue weighted by molar-refractivity contribution is 0.0950. The van der Waals surface area contributed by atoms with E-state index in [0.29, 0.717) is 17.8 Å². The average molecular weight is 368 g/mol. The zero-order chi connectivity index (χ0) is 18.4. The van der Waals surface area contributed by atoms with Crippen molar-refractivity contribution in [3.63, 3.8) is 0 Å². The van der Waals surface area contributed by atoms with E-state index < -0.39 is 10.0 Å². The molecule has 1 amide bonds. The largest absolute Gasteiger partial charge is 0.352 e. The molecule has 1 fully saturated rings. The van der Waals surface area contributed by atoms with Crippen molar-refractivity contribution in [3.8, 4) is 0 Å². The molecule has 2 N–H and O–H groups in total. The van der Waals surface area contributed by atoms with Crippen LogP contribution >= 0.6 is 0 Å². The standard InChI is InChI=1S/C18H29N3O3S/c1-14-7-11-21(12-8-14)10-4-9-19-18(22)16-5-6-17(15(2)13-16)20-25(3,23)24/h5-6,13-14,20H,4,7-12H2,1-3H3,(H,19,22). The molecule has 0 atom stereocenters. The van der Waals surface area contributed by atoms with Gasteiger partial charge in [0.05, 0.1) is 11.9 Å². The highest BCUT2D eigenvalue weighted by Gasteiger charge is 2.15. The first kappa shape index (κ1) is 19.7. The van der Waals surface area contributed by atoms with Crippen LogP contribution in [0.5, 0.6) is 0 Å². The molecule has 0 saturated carbocycles. The molecule has 1 aromatic carbocycles. The molecule has 0 spiro atoms. The normalized spacial score (nSPS) is 16.6. The number of amides is 1. The molecule has 0 radical (unpaired) electrons. The highest BCUT2D eigenvalue weighted by molar-refractivity contribution is 7.92. The maximum absolute atomic E-state index is 12.2. The van der Waals surface area contributed by atoms with Gasteiger partial charge in [0.25, 0.3) is 5.91 Å². The minimum atomic E-state index is -3.32. The summed E-state index contributed by atoms with van der Waals surface area (Å²) in [5.74, 6) is 0.709. The number of piperidine rings is 1. The Morgan fingerprint density at radius 1 is 1.28 bits per heavy atom. The summed E-state index contributed by atoms with van der Waals surface area (Å²) in [5.41, 5.74) is 1.77. The molecule has 1 heterocycles. The number of hydrogen-bond donors (Lipinski definition) is 2. The van der Waals surface area contributed by atoms with Gasteiger partial charge in [-0.25, -0.2) is 8.42 Å². The zero-order valence-corrected chi connectivity index (χ0v) is 16.2. The van der Waals surface area contributed by atoms with Crippen LogP contribution < -0.4 is 10.0 Å². The van der Waals surface area contributed by atoms with Gasteiger partial charge in [-0.2, -0.15) is 0 Å². The summed E-state index contributed by atoms with van der Waals surface area (Å²) in [6.07, 6.45) is 4.57. The Morgan fingerprint density at radius 3 is 2.56 bits per heavy atom. The molecule has 6 nitrogen and oxygen atoms in total. The first-order chi connectivity index (χ1) is 11.7. The molecule has 1 aliphatic heterocycles. The third-order valence-corrected chi connectivity index (χ3v) is 5.19. The molecule has 2 rings (SSSR count). The van der Waals surface area contributed by atoms with Crippen molar-refractivity contribution in [2.75, 3.05) is 37.2 Å². The lowest BCUT2D eigenvalue weighted by Gasteiger charge is -2.30. The van der Waals surface area contributed by atoms with Gasteiger partial charge >= 0.3 is 0 Å². The van der Waals surface area contributed by atoms with E-state index in [1.165, 1.54) is 12.8 Å². The van der Waals surface area contributed by atoms with Crippen LogP contribution in [0.3, 0.4) is 0 Å². The van der Waals surface area contributed by atoms with Gasteiger partial charge in [0.1, 0.15) is 0 Å². The second-order valence-corrected chi connectivity index (χ2v) is 8.79. The van der Waals surface area contributed by atoms with Crippen LogP contribution in [0.1, 0.15) is 42.1 Å². The van der Waals surface area contributed by atoms with Crippen LogP contribution in [0.4, 0.5) is 5.69 Å². The number of carbonyl (C=O) groups is 1. The third kappa shape index (κ3) is 6.66. The van der Waals surface area contributed by atoms with Crippen molar-refractivity contribution >= 4 is 21.6 Å². The van der Waals surface area contributed by atoms with E-state index in [1.807, 2.05) is 0 Å². The SMILES string of the molecule is Cc1cc(C(=O)NCCCN2CCC(C)CC2)ccc1NS(C)(=O)=O. The molecular formula is C18H29N3O3S. The maximum atomic E-state index is 12.2. The minimum absolute atomic E-state index is 0.124. The first-order valence-corrected chi connectivity index (χ1v) is 10.7. The lowest BCUT2D eigenvalue weighted by Crippen LogP contribution is -2.35. The summed E-state index contributed by atoms with van der Waals surface area (Å²) in [7, 11) is -3.32. The highest BCUT2D eigenvalue weighted by atomic mass is 32.2. The monoisotopic (exact) mass is 367 g/mol. The Bertz CT molecular complexity index is 696. The summed E-state index contributed by atoms with van der Waals surface area (Å²) < 4.78 is 25.0. The van der Waals surface area contributed by atoms with Crippen molar-refractivity contribution in [3.05, 3.63) is 29.3 Å². The van der Waals surface area contributed by atoms with Gasteiger partial charge in [-0.05, 0) is 75.5 Å². The first-order valence-electron chi connectivity index (χ1n) is 8.83. The second kappa shape index (κ2) is 8.67. The predicted molar refractivity (Wildman–Crippen MR) is 101 cm³/mol. The van der Waals surface area contributed by atoms with E-state index in [1.54, 1.807) is 25.1 Å². The van der Waals surface area contributed by atoms with Crippen molar-refractivity contribution in [2.45, 2.75) is 33.1 Å². The molecule has 1 aliphatic rings. The smallest absolute Gasteiger partial charge is 0.251 e. The van der Waals surface area contributed by atoms with Crippen LogP contribution in [-0.4, -0.2) is 51.7 Å². The van der Waals surface area contributed by atoms with Gasteiger partial charge in [-0.15, -0.1) is 0 Å². The van der Waals surface area contributed by atoms with Gasteiger partial charge in [0, 0.05) is 12.1 Å². The maximum Gasteiger partial charge on any atom is 0.251 e. The number of likely N-dealkylation sites (tertiary alicyclic amines) is 1. The third-order valence-electron chi connectivity index (χ3n) is 4.60. The summed E-state index contributed by atoms with van der Waals surface area (Å²) in [6.45, 7) is 8.06. The highest BCUT2D eigenvalue weighted by Crippen LogP contribution is 2.18. The molecule has 0 aromatic heterocycles. The number of sulfonamides is 1. The number of rotatable bonds is 7. The van der Waals surface area contributed by atoms with E-state index >= 15 is 0 Å². The van der Waals surface area contributed by atoms with E-state index in [2.05, 4.69) is 21.9 Å². The van der Waals surface area contributed by atoms with Crippen LogP contribution in [0.25, 0.3) is 0 Å². The number of anilines is 1. The van der Waals surface area contributed by atoms with E-state index in [4.69, 9.17) is 0 Å². The minimum Gasteiger partial charge on any atom is -0.352 e. The summed E-state index contributed by atoms with van der Waals surface area (Å²) in [5, 5.41) is 2.94. The van der Waals surface area contributed by atoms with Crippen LogP contribution in [0.15, 0.2) is 18.2 Å². The zero-order valence-electron chi connectivity index (χ0n) is 15.3. The molecule has 25 heavy (non-hydrogen) atoms. The van der Waals surface area contributed by atoms with Gasteiger partial charge in [-0.3, -0.25) is 9.52 Å². The Balaban J connectivity index is 1.78. The van der Waals surface area contributed by atoms with Crippen LogP contribution in [0, 0.1) is 12.8 Å². The van der Waals surface area contributed by atoms with E-state index in [-0.39, 0.29) is 5.91 Å². The summed E-state index contributed by atoms with van der Waals surface area (Å²) >= 11 is 0. The Labute approximate surface area is 151 Å². The quantitative estimate of drug-likeness (QED) is 0.725. The number of aryl methyl sites for hydroxylation is 1. The van der Waals surface area contributed by atoms with Crippen LogP contribution in [-0.2, 0) is 10.0 Å². The topological polar surface area (TPSA) is 78.5 Å². The Morgan fingerprint density at radius 2 is 1.96 bits per heavy atom. The van der Waals surface area contributed by atoms with Crippen LogP contribution in [0.2, 0.25) is 0 Å². The number of hydrogen-bond acceptors (Lipinski definition) is 4. The predicted octanol–water partition coefficient (Wildman–Crippen LogP) is 2.22. The fourth-order valence-corrected chi connectivity index (χ4v) is 3.64. The molecule has 1 aromatic rings. The molecule has 140 valence electrons. The number of benzene rings is 1. The lowest BCUT2D eigenvalue weighted by atomic mass is 9.99. The fourth-order valence-electron chi connectivity index (χ4n) is 3.01. The van der Waals surface area contributed by atoms with Gasteiger partial charge in [-0.1, -0.05) is 6.92 Å². The Hall–Kier alpha value is -1.60. The van der Waals surface area contributed by atoms with E-state index in [0.717, 1.165) is 43.8 Å². The average Bonchev–Trinajstić information content (AvgIpc) is 2.53. The number of nitrogens with zero attached hydrogens (tertiary/aromatic N) is 1. The van der Waals surface area contributed by atoms with Gasteiger partial charge in [0.2, 0.25) is 10.0 Å². The second-order valence-electron chi connectivity index (χ2n) is 7.04.